The van der Waals surface area contributed by atoms with Crippen LogP contribution in [0.1, 0.15) is 66.6 Å². The van der Waals surface area contributed by atoms with Crippen molar-refractivity contribution in [3.05, 3.63) is 77.8 Å². The van der Waals surface area contributed by atoms with Crippen LogP contribution in [0, 0.1) is 11.7 Å². The molecule has 3 heterocycles. The third-order valence-electron chi connectivity index (χ3n) is 7.55. The summed E-state index contributed by atoms with van der Waals surface area (Å²) in [7, 11) is 1.49. The van der Waals surface area contributed by atoms with E-state index in [1.807, 2.05) is 30.5 Å². The van der Waals surface area contributed by atoms with Crippen LogP contribution in [-0.2, 0) is 0 Å². The van der Waals surface area contributed by atoms with Gasteiger partial charge < -0.3 is 10.6 Å². The van der Waals surface area contributed by atoms with Crippen molar-refractivity contribution in [2.45, 2.75) is 44.9 Å². The zero-order valence-electron chi connectivity index (χ0n) is 21.3. The summed E-state index contributed by atoms with van der Waals surface area (Å²) in [6.07, 6.45) is 8.26. The molecule has 1 fully saturated rings. The molecule has 0 saturated heterocycles. The molecule has 5 rings (SSSR count). The van der Waals surface area contributed by atoms with Gasteiger partial charge in [-0.15, -0.1) is 0 Å². The van der Waals surface area contributed by atoms with Crippen LogP contribution < -0.4 is 10.6 Å². The van der Waals surface area contributed by atoms with Crippen molar-refractivity contribution in [2.75, 3.05) is 18.9 Å². The van der Waals surface area contributed by atoms with Gasteiger partial charge in [-0.05, 0) is 42.4 Å². The first kappa shape index (κ1) is 24.7. The van der Waals surface area contributed by atoms with Gasteiger partial charge in [-0.2, -0.15) is 0 Å². The average Bonchev–Trinajstić information content (AvgIpc) is 2.90. The number of aromatic nitrogens is 4. The van der Waals surface area contributed by atoms with E-state index < -0.39 is 11.7 Å². The minimum absolute atomic E-state index is 0.0254. The summed E-state index contributed by atoms with van der Waals surface area (Å²) in [6.45, 7) is 4.94. The highest BCUT2D eigenvalue weighted by atomic mass is 19.1. The largest absolute Gasteiger partial charge is 0.370 e. The highest BCUT2D eigenvalue weighted by molar-refractivity contribution is 6.06. The Balaban J connectivity index is 1.32. The van der Waals surface area contributed by atoms with Crippen LogP contribution in [0.25, 0.3) is 22.2 Å². The number of carbonyl (C=O) groups is 1. The van der Waals surface area contributed by atoms with Crippen molar-refractivity contribution in [1.82, 2.24) is 25.3 Å². The summed E-state index contributed by atoms with van der Waals surface area (Å²) in [4.78, 5) is 30.1. The molecular weight excluding hydrogens is 467 g/mol. The first-order chi connectivity index (χ1) is 18.0. The number of nitrogens with zero attached hydrogens (tertiary/aromatic N) is 4. The molecule has 0 spiro atoms. The second kappa shape index (κ2) is 10.6. The van der Waals surface area contributed by atoms with Crippen LogP contribution in [0.15, 0.2) is 55.1 Å². The average molecular weight is 499 g/mol. The van der Waals surface area contributed by atoms with Gasteiger partial charge in [0.05, 0.1) is 23.0 Å². The molecule has 0 radical (unpaired) electrons. The topological polar surface area (TPSA) is 92.7 Å². The summed E-state index contributed by atoms with van der Waals surface area (Å²) in [5.74, 6) is 0.530. The Labute approximate surface area is 216 Å². The molecule has 4 aromatic rings. The van der Waals surface area contributed by atoms with E-state index in [0.29, 0.717) is 23.4 Å². The lowest BCUT2D eigenvalue weighted by Crippen LogP contribution is -2.21. The number of fused-ring (bicyclic) bond motifs is 1. The predicted molar refractivity (Wildman–Crippen MR) is 143 cm³/mol. The van der Waals surface area contributed by atoms with Gasteiger partial charge >= 0.3 is 0 Å². The van der Waals surface area contributed by atoms with Gasteiger partial charge in [-0.1, -0.05) is 38.5 Å². The number of nitrogens with one attached hydrogen (secondary N) is 2. The highest BCUT2D eigenvalue weighted by Crippen LogP contribution is 2.36. The van der Waals surface area contributed by atoms with Gasteiger partial charge in [0.15, 0.2) is 5.82 Å². The fraction of sp³-hybridized carbons (Fsp3) is 0.345. The third-order valence-corrected chi connectivity index (χ3v) is 7.55. The van der Waals surface area contributed by atoms with Crippen LogP contribution >= 0.6 is 0 Å². The van der Waals surface area contributed by atoms with Gasteiger partial charge in [0.1, 0.15) is 12.1 Å². The van der Waals surface area contributed by atoms with Crippen molar-refractivity contribution in [3.63, 3.8) is 0 Å². The molecule has 1 aliphatic carbocycles. The Bertz CT molecular complexity index is 1440. The smallest absolute Gasteiger partial charge is 0.254 e. The van der Waals surface area contributed by atoms with Crippen LogP contribution in [0.2, 0.25) is 0 Å². The number of benzene rings is 1. The van der Waals surface area contributed by atoms with Crippen LogP contribution in [-0.4, -0.2) is 39.4 Å². The molecule has 1 unspecified atom stereocenters. The maximum Gasteiger partial charge on any atom is 0.254 e. The highest BCUT2D eigenvalue weighted by Gasteiger charge is 2.23. The van der Waals surface area contributed by atoms with Crippen LogP contribution in [0.3, 0.4) is 0 Å². The van der Waals surface area contributed by atoms with Gasteiger partial charge in [0.25, 0.3) is 5.91 Å². The Morgan fingerprint density at radius 2 is 1.95 bits per heavy atom. The maximum atomic E-state index is 14.4. The number of hydrogen-bond acceptors (Lipinski definition) is 6. The molecule has 3 aromatic heterocycles. The number of anilines is 1. The lowest BCUT2D eigenvalue weighted by atomic mass is 9.82. The maximum absolute atomic E-state index is 14.4. The molecule has 7 nitrogen and oxygen atoms in total. The molecule has 8 heteroatoms. The van der Waals surface area contributed by atoms with Gasteiger partial charge in [-0.3, -0.25) is 14.8 Å². The molecule has 1 saturated carbocycles. The summed E-state index contributed by atoms with van der Waals surface area (Å²) < 4.78 is 14.4. The second-order valence-electron chi connectivity index (χ2n) is 9.84. The zero-order valence-corrected chi connectivity index (χ0v) is 21.3. The lowest BCUT2D eigenvalue weighted by Gasteiger charge is -2.24. The van der Waals surface area contributed by atoms with E-state index in [4.69, 9.17) is 0 Å². The number of pyridine rings is 2. The molecule has 2 N–H and O–H groups in total. The standard InChI is InChI=1S/C29H31FN6O/c1-17(18(2)21-8-5-9-22-27(29(37)31-3)23(30)15-34-28(21)22)14-33-26-13-25(35-16-36-26)20-10-11-32-24(12-20)19-6-4-7-19/h5,8-13,15-19H,4,6-7,14H2,1-3H3,(H,31,37)(H,33,35,36)/t17-,18?/m1/s1. The summed E-state index contributed by atoms with van der Waals surface area (Å²) >= 11 is 0. The second-order valence-corrected chi connectivity index (χ2v) is 9.84. The number of rotatable bonds is 8. The number of hydrogen-bond donors (Lipinski definition) is 2. The molecule has 1 amide bonds. The number of carbonyl (C=O) groups excluding carboxylic acids is 1. The SMILES string of the molecule is CNC(=O)c1c(F)cnc2c(C(C)[C@H](C)CNc3cc(-c4ccnc(C5CCC5)c4)ncn3)cccc12. The normalized spacial score (nSPS) is 15.1. The van der Waals surface area contributed by atoms with E-state index >= 15 is 0 Å². The van der Waals surface area contributed by atoms with E-state index in [1.165, 1.54) is 26.3 Å². The first-order valence-electron chi connectivity index (χ1n) is 12.8. The molecule has 0 aliphatic heterocycles. The van der Waals surface area contributed by atoms with Crippen LogP contribution in [0.4, 0.5) is 10.2 Å². The number of para-hydroxylation sites is 1. The molecule has 190 valence electrons. The molecule has 1 aromatic carbocycles. The van der Waals surface area contributed by atoms with Gasteiger partial charge in [-0.25, -0.2) is 14.4 Å². The summed E-state index contributed by atoms with van der Waals surface area (Å²) in [5.41, 5.74) is 4.69. The van der Waals surface area contributed by atoms with Gasteiger partial charge in [0.2, 0.25) is 0 Å². The van der Waals surface area contributed by atoms with Crippen molar-refractivity contribution in [1.29, 1.82) is 0 Å². The number of halogens is 1. The van der Waals surface area contributed by atoms with E-state index in [-0.39, 0.29) is 17.4 Å². The van der Waals surface area contributed by atoms with Gasteiger partial charge in [0, 0.05) is 48.4 Å². The molecule has 1 aliphatic rings. The van der Waals surface area contributed by atoms with Crippen molar-refractivity contribution in [3.8, 4) is 11.3 Å². The lowest BCUT2D eigenvalue weighted by molar-refractivity contribution is 0.0960. The summed E-state index contributed by atoms with van der Waals surface area (Å²) in [5, 5.41) is 6.49. The molecular formula is C29H31FN6O. The predicted octanol–water partition coefficient (Wildman–Crippen LogP) is 5.70. The van der Waals surface area contributed by atoms with E-state index in [1.54, 1.807) is 12.4 Å². The molecule has 0 bridgehead atoms. The monoisotopic (exact) mass is 498 g/mol. The van der Waals surface area contributed by atoms with Crippen molar-refractivity contribution in [2.24, 2.45) is 5.92 Å². The number of amides is 1. The fourth-order valence-electron chi connectivity index (χ4n) is 4.84. The Kier molecular flexibility index (Phi) is 7.08. The zero-order chi connectivity index (χ0) is 25.9. The van der Waals surface area contributed by atoms with E-state index in [9.17, 15) is 9.18 Å². The van der Waals surface area contributed by atoms with Crippen molar-refractivity contribution >= 4 is 22.6 Å². The fourth-order valence-corrected chi connectivity index (χ4v) is 4.84. The first-order valence-corrected chi connectivity index (χ1v) is 12.8. The quantitative estimate of drug-likeness (QED) is 0.324. The van der Waals surface area contributed by atoms with E-state index in [0.717, 1.165) is 34.5 Å². The Morgan fingerprint density at radius 1 is 1.11 bits per heavy atom. The minimum atomic E-state index is -0.625. The van der Waals surface area contributed by atoms with Crippen LogP contribution in [0.5, 0.6) is 0 Å². The molecule has 2 atom stereocenters. The minimum Gasteiger partial charge on any atom is -0.370 e. The Morgan fingerprint density at radius 3 is 2.70 bits per heavy atom. The third kappa shape index (κ3) is 5.01. The Hall–Kier alpha value is -3.94. The van der Waals surface area contributed by atoms with Crippen molar-refractivity contribution < 1.29 is 9.18 Å². The van der Waals surface area contributed by atoms with E-state index in [2.05, 4.69) is 50.5 Å². The molecule has 37 heavy (non-hydrogen) atoms. The summed E-state index contributed by atoms with van der Waals surface area (Å²) in [6, 6.07) is 11.7.